The average Bonchev–Trinajstić information content (AvgIpc) is 3.52. The first-order chi connectivity index (χ1) is 22.6. The molecular formula is C35H54N8O3. The fourth-order valence-electron chi connectivity index (χ4n) is 7.28. The molecule has 0 amide bonds. The molecule has 3 saturated heterocycles. The number of pyridine rings is 1. The molecule has 0 spiro atoms. The van der Waals surface area contributed by atoms with Gasteiger partial charge in [-0.3, -0.25) is 0 Å². The van der Waals surface area contributed by atoms with Gasteiger partial charge in [-0.05, 0) is 102 Å². The molecule has 3 aliphatic rings. The molecule has 2 atom stereocenters. The van der Waals surface area contributed by atoms with E-state index in [9.17, 15) is 5.11 Å². The largest absolute Gasteiger partial charge is 0.475 e. The number of hydrogen-bond acceptors (Lipinski definition) is 10. The van der Waals surface area contributed by atoms with E-state index in [1.165, 1.54) is 58.4 Å². The number of aryl methyl sites for hydroxylation is 1. The summed E-state index contributed by atoms with van der Waals surface area (Å²) in [4.78, 5) is 14.5. The summed E-state index contributed by atoms with van der Waals surface area (Å²) in [5.74, 6) is 3.90. The Bertz CT molecular complexity index is 1350. The predicted octanol–water partition coefficient (Wildman–Crippen LogP) is 4.15. The number of anilines is 2. The van der Waals surface area contributed by atoms with E-state index in [0.29, 0.717) is 31.6 Å². The Kier molecular flexibility index (Phi) is 11.6. The molecule has 3 aromatic rings. The molecule has 0 bridgehead atoms. The van der Waals surface area contributed by atoms with Crippen LogP contribution in [-0.2, 0) is 17.7 Å². The van der Waals surface area contributed by atoms with Gasteiger partial charge in [-0.1, -0.05) is 13.0 Å². The van der Waals surface area contributed by atoms with Crippen LogP contribution in [0, 0.1) is 11.8 Å². The Morgan fingerprint density at radius 3 is 2.63 bits per heavy atom. The van der Waals surface area contributed by atoms with Gasteiger partial charge in [0.1, 0.15) is 18.2 Å². The molecule has 0 aliphatic carbocycles. The maximum Gasteiger partial charge on any atom is 0.213 e. The molecule has 6 rings (SSSR count). The topological polar surface area (TPSA) is 112 Å². The van der Waals surface area contributed by atoms with Gasteiger partial charge in [0.05, 0.1) is 24.9 Å². The van der Waals surface area contributed by atoms with Gasteiger partial charge in [-0.25, -0.2) is 9.97 Å². The van der Waals surface area contributed by atoms with Crippen molar-refractivity contribution in [3.8, 4) is 5.88 Å². The van der Waals surface area contributed by atoms with Crippen molar-refractivity contribution in [3.63, 3.8) is 0 Å². The Labute approximate surface area is 274 Å². The maximum atomic E-state index is 10.5. The third-order valence-electron chi connectivity index (χ3n) is 10.1. The average molecular weight is 635 g/mol. The first-order valence-electron chi connectivity index (χ1n) is 17.7. The van der Waals surface area contributed by atoms with E-state index < -0.39 is 6.10 Å². The van der Waals surface area contributed by atoms with Gasteiger partial charge in [0.15, 0.2) is 5.65 Å². The predicted molar refractivity (Wildman–Crippen MR) is 182 cm³/mol. The van der Waals surface area contributed by atoms with Crippen LogP contribution in [0.3, 0.4) is 0 Å². The van der Waals surface area contributed by atoms with Crippen LogP contribution in [-0.4, -0.2) is 101 Å². The van der Waals surface area contributed by atoms with Gasteiger partial charge in [0.25, 0.3) is 0 Å². The summed E-state index contributed by atoms with van der Waals surface area (Å²) in [5, 5.41) is 22.2. The van der Waals surface area contributed by atoms with E-state index in [1.54, 1.807) is 0 Å². The van der Waals surface area contributed by atoms with E-state index in [1.807, 2.05) is 36.0 Å². The third-order valence-corrected chi connectivity index (χ3v) is 10.1. The third kappa shape index (κ3) is 8.48. The van der Waals surface area contributed by atoms with Gasteiger partial charge in [-0.15, -0.1) is 0 Å². The number of hydrogen-bond donors (Lipinski definition) is 3. The molecule has 3 fully saturated rings. The van der Waals surface area contributed by atoms with Gasteiger partial charge in [-0.2, -0.15) is 9.61 Å². The molecule has 1 unspecified atom stereocenters. The SMILES string of the molecule is CCc1cnn2c(NCc3ccc(OCCOCC4CCN(CC5CCNCC5)CC4)nc3)cc(N3CCCC[C@H]3C(C)O)nc12. The van der Waals surface area contributed by atoms with E-state index >= 15 is 0 Å². The second-order valence-corrected chi connectivity index (χ2v) is 13.5. The summed E-state index contributed by atoms with van der Waals surface area (Å²) >= 11 is 0. The fraction of sp³-hybridized carbons (Fsp3) is 0.686. The Morgan fingerprint density at radius 1 is 1.02 bits per heavy atom. The molecule has 0 radical (unpaired) electrons. The highest BCUT2D eigenvalue weighted by Gasteiger charge is 2.28. The Hall–Kier alpha value is -2.99. The number of nitrogens with zero attached hydrogens (tertiary/aromatic N) is 6. The minimum Gasteiger partial charge on any atom is -0.475 e. The summed E-state index contributed by atoms with van der Waals surface area (Å²) in [6.45, 7) is 13.4. The number of aliphatic hydroxyl groups is 1. The molecular weight excluding hydrogens is 580 g/mol. The summed E-state index contributed by atoms with van der Waals surface area (Å²) < 4.78 is 13.8. The molecule has 3 aliphatic heterocycles. The standard InChI is InChI=1S/C35H54N8O3/c1-3-30-23-39-43-32(20-33(40-35(30)43)42-15-5-4-6-31(42)26(2)44)37-21-29-7-8-34(38-22-29)46-19-18-45-25-28-11-16-41(17-12-28)24-27-9-13-36-14-10-27/h7-8,20,22-23,26-28,31,36-37,44H,3-6,9-19,21,24-25H2,1-2H3/t26?,31-/m0/s1. The molecule has 252 valence electrons. The molecule has 46 heavy (non-hydrogen) atoms. The first kappa shape index (κ1) is 32.9. The van der Waals surface area contributed by atoms with E-state index in [0.717, 1.165) is 73.2 Å². The molecule has 11 heteroatoms. The molecule has 3 N–H and O–H groups in total. The normalized spacial score (nSPS) is 21.1. The van der Waals surface area contributed by atoms with Gasteiger partial charge in [0, 0.05) is 50.1 Å². The number of aliphatic hydroxyl groups excluding tert-OH is 1. The van der Waals surface area contributed by atoms with Crippen LogP contribution >= 0.6 is 0 Å². The van der Waals surface area contributed by atoms with Crippen molar-refractivity contribution in [3.05, 3.63) is 41.7 Å². The highest BCUT2D eigenvalue weighted by Crippen LogP contribution is 2.29. The quantitative estimate of drug-likeness (QED) is 0.224. The van der Waals surface area contributed by atoms with Crippen LogP contribution in [0.15, 0.2) is 30.6 Å². The van der Waals surface area contributed by atoms with Gasteiger partial charge in [0.2, 0.25) is 5.88 Å². The number of piperidine rings is 3. The van der Waals surface area contributed by atoms with Crippen LogP contribution in [0.4, 0.5) is 11.6 Å². The monoisotopic (exact) mass is 634 g/mol. The van der Waals surface area contributed by atoms with Crippen molar-refractivity contribution in [2.24, 2.45) is 11.8 Å². The zero-order valence-corrected chi connectivity index (χ0v) is 27.9. The lowest BCUT2D eigenvalue weighted by molar-refractivity contribution is 0.0464. The van der Waals surface area contributed by atoms with Crippen LogP contribution < -0.4 is 20.3 Å². The maximum absolute atomic E-state index is 10.5. The number of aromatic nitrogens is 4. The van der Waals surface area contributed by atoms with Crippen LogP contribution in [0.5, 0.6) is 5.88 Å². The smallest absolute Gasteiger partial charge is 0.213 e. The number of rotatable bonds is 14. The second kappa shape index (κ2) is 16.2. The lowest BCUT2D eigenvalue weighted by Gasteiger charge is -2.38. The zero-order chi connectivity index (χ0) is 31.7. The summed E-state index contributed by atoms with van der Waals surface area (Å²) in [5.41, 5.74) is 3.01. The van der Waals surface area contributed by atoms with Crippen molar-refractivity contribution in [1.29, 1.82) is 0 Å². The van der Waals surface area contributed by atoms with Crippen molar-refractivity contribution in [2.45, 2.75) is 83.9 Å². The van der Waals surface area contributed by atoms with Crippen LogP contribution in [0.1, 0.15) is 69.9 Å². The second-order valence-electron chi connectivity index (χ2n) is 13.5. The van der Waals surface area contributed by atoms with Gasteiger partial charge < -0.3 is 35.0 Å². The molecule has 6 heterocycles. The highest BCUT2D eigenvalue weighted by atomic mass is 16.5. The van der Waals surface area contributed by atoms with Gasteiger partial charge >= 0.3 is 0 Å². The summed E-state index contributed by atoms with van der Waals surface area (Å²) in [6.07, 6.45) is 12.5. The fourth-order valence-corrected chi connectivity index (χ4v) is 7.28. The number of likely N-dealkylation sites (tertiary alicyclic amines) is 1. The van der Waals surface area contributed by atoms with Crippen molar-refractivity contribution >= 4 is 17.3 Å². The lowest BCUT2D eigenvalue weighted by Crippen LogP contribution is -2.46. The Morgan fingerprint density at radius 2 is 1.87 bits per heavy atom. The lowest BCUT2D eigenvalue weighted by atomic mass is 9.94. The number of ether oxygens (including phenoxy) is 2. The summed E-state index contributed by atoms with van der Waals surface area (Å²) in [7, 11) is 0. The van der Waals surface area contributed by atoms with Crippen molar-refractivity contribution in [2.75, 3.05) is 69.3 Å². The number of fused-ring (bicyclic) bond motifs is 1. The van der Waals surface area contributed by atoms with E-state index in [4.69, 9.17) is 14.5 Å². The number of nitrogens with one attached hydrogen (secondary N) is 2. The van der Waals surface area contributed by atoms with Crippen LogP contribution in [0.2, 0.25) is 0 Å². The molecule has 0 saturated carbocycles. The van der Waals surface area contributed by atoms with Crippen molar-refractivity contribution in [1.82, 2.24) is 29.8 Å². The first-order valence-corrected chi connectivity index (χ1v) is 17.7. The Balaban J connectivity index is 0.950. The van der Waals surface area contributed by atoms with E-state index in [-0.39, 0.29) is 6.04 Å². The highest BCUT2D eigenvalue weighted by molar-refractivity contribution is 5.61. The zero-order valence-electron chi connectivity index (χ0n) is 27.9. The van der Waals surface area contributed by atoms with E-state index in [2.05, 4.69) is 43.5 Å². The minimum absolute atomic E-state index is 0.0684. The molecule has 3 aromatic heterocycles. The molecule has 0 aromatic carbocycles. The van der Waals surface area contributed by atoms with Crippen LogP contribution in [0.25, 0.3) is 5.65 Å². The minimum atomic E-state index is -0.416. The summed E-state index contributed by atoms with van der Waals surface area (Å²) in [6, 6.07) is 6.09. The van der Waals surface area contributed by atoms with Crippen molar-refractivity contribution < 1.29 is 14.6 Å². The molecule has 11 nitrogen and oxygen atoms in total.